The lowest BCUT2D eigenvalue weighted by Crippen LogP contribution is -2.32. The SMILES string of the molecule is COCCn1nc(C(=O)NCc2cccnc2)c2c1CCN(Cc1ccc3c(c1)OCCO3)C2. The summed E-state index contributed by atoms with van der Waals surface area (Å²) in [5.41, 5.74) is 4.69. The Bertz CT molecular complexity index is 1150. The normalized spacial score (nSPS) is 15.1. The Morgan fingerprint density at radius 1 is 1.18 bits per heavy atom. The maximum atomic E-state index is 13.1. The van der Waals surface area contributed by atoms with Gasteiger partial charge in [0.2, 0.25) is 0 Å². The first kappa shape index (κ1) is 22.4. The van der Waals surface area contributed by atoms with Crippen molar-refractivity contribution in [1.82, 2.24) is 25.0 Å². The topological polar surface area (TPSA) is 90.7 Å². The molecule has 0 spiro atoms. The number of aromatic nitrogens is 3. The number of hydrogen-bond acceptors (Lipinski definition) is 7. The zero-order valence-electron chi connectivity index (χ0n) is 19.3. The minimum absolute atomic E-state index is 0.169. The fraction of sp³-hybridized carbons (Fsp3) is 0.400. The van der Waals surface area contributed by atoms with Gasteiger partial charge in [0.1, 0.15) is 13.2 Å². The molecule has 9 nitrogen and oxygen atoms in total. The van der Waals surface area contributed by atoms with E-state index in [9.17, 15) is 4.79 Å². The lowest BCUT2D eigenvalue weighted by Gasteiger charge is -2.28. The number of rotatable bonds is 8. The first-order chi connectivity index (χ1) is 16.7. The van der Waals surface area contributed by atoms with Crippen molar-refractivity contribution >= 4 is 5.91 Å². The maximum absolute atomic E-state index is 13.1. The van der Waals surface area contributed by atoms with Crippen LogP contribution in [0.5, 0.6) is 11.5 Å². The highest BCUT2D eigenvalue weighted by Gasteiger charge is 2.28. The van der Waals surface area contributed by atoms with Gasteiger partial charge in [-0.1, -0.05) is 12.1 Å². The van der Waals surface area contributed by atoms with E-state index >= 15 is 0 Å². The van der Waals surface area contributed by atoms with Crippen LogP contribution in [0.1, 0.15) is 32.9 Å². The van der Waals surface area contributed by atoms with Gasteiger partial charge in [0.05, 0.1) is 13.2 Å². The molecular formula is C25H29N5O4. The highest BCUT2D eigenvalue weighted by atomic mass is 16.6. The fourth-order valence-corrected chi connectivity index (χ4v) is 4.44. The van der Waals surface area contributed by atoms with E-state index in [1.807, 2.05) is 28.9 Å². The minimum atomic E-state index is -0.169. The number of carbonyl (C=O) groups excluding carboxylic acids is 1. The van der Waals surface area contributed by atoms with E-state index in [2.05, 4.69) is 26.4 Å². The number of nitrogens with one attached hydrogen (secondary N) is 1. The van der Waals surface area contributed by atoms with E-state index in [1.165, 1.54) is 0 Å². The van der Waals surface area contributed by atoms with Crippen molar-refractivity contribution in [1.29, 1.82) is 0 Å². The second kappa shape index (κ2) is 10.2. The summed E-state index contributed by atoms with van der Waals surface area (Å²) in [5.74, 6) is 1.42. The summed E-state index contributed by atoms with van der Waals surface area (Å²) in [6.07, 6.45) is 4.30. The number of fused-ring (bicyclic) bond motifs is 2. The van der Waals surface area contributed by atoms with Crippen molar-refractivity contribution < 1.29 is 19.0 Å². The van der Waals surface area contributed by atoms with Gasteiger partial charge in [0.15, 0.2) is 17.2 Å². The molecule has 3 aromatic rings. The molecule has 2 aliphatic heterocycles. The zero-order chi connectivity index (χ0) is 23.3. The molecule has 0 bridgehead atoms. The van der Waals surface area contributed by atoms with Crippen molar-refractivity contribution in [3.63, 3.8) is 0 Å². The van der Waals surface area contributed by atoms with Crippen molar-refractivity contribution in [2.75, 3.05) is 33.5 Å². The summed E-state index contributed by atoms with van der Waals surface area (Å²) >= 11 is 0. The molecule has 2 aromatic heterocycles. The molecule has 1 N–H and O–H groups in total. The number of carbonyl (C=O) groups is 1. The van der Waals surface area contributed by atoms with Crippen LogP contribution in [0.2, 0.25) is 0 Å². The van der Waals surface area contributed by atoms with Gasteiger partial charge in [-0.25, -0.2) is 0 Å². The van der Waals surface area contributed by atoms with Crippen LogP contribution in [0.4, 0.5) is 0 Å². The molecule has 0 saturated carbocycles. The van der Waals surface area contributed by atoms with E-state index in [0.717, 1.165) is 53.4 Å². The molecule has 0 aliphatic carbocycles. The third kappa shape index (κ3) is 4.90. The maximum Gasteiger partial charge on any atom is 0.272 e. The summed E-state index contributed by atoms with van der Waals surface area (Å²) in [4.78, 5) is 19.6. The van der Waals surface area contributed by atoms with E-state index in [0.29, 0.717) is 45.1 Å². The van der Waals surface area contributed by atoms with Crippen molar-refractivity contribution in [3.05, 3.63) is 70.8 Å². The number of amides is 1. The van der Waals surface area contributed by atoms with Crippen molar-refractivity contribution in [2.45, 2.75) is 32.6 Å². The lowest BCUT2D eigenvalue weighted by molar-refractivity contribution is 0.0942. The number of ether oxygens (including phenoxy) is 3. The van der Waals surface area contributed by atoms with Crippen LogP contribution in [-0.2, 0) is 37.3 Å². The molecule has 1 aromatic carbocycles. The van der Waals surface area contributed by atoms with E-state index in [1.54, 1.807) is 19.5 Å². The second-order valence-corrected chi connectivity index (χ2v) is 8.47. The van der Waals surface area contributed by atoms with Crippen LogP contribution in [0.15, 0.2) is 42.7 Å². The molecule has 5 rings (SSSR count). The van der Waals surface area contributed by atoms with Crippen molar-refractivity contribution in [2.24, 2.45) is 0 Å². The molecule has 0 saturated heterocycles. The van der Waals surface area contributed by atoms with Gasteiger partial charge in [-0.05, 0) is 29.3 Å². The first-order valence-corrected chi connectivity index (χ1v) is 11.6. The van der Waals surface area contributed by atoms with Gasteiger partial charge in [-0.2, -0.15) is 5.10 Å². The van der Waals surface area contributed by atoms with Crippen LogP contribution < -0.4 is 14.8 Å². The molecule has 1 amide bonds. The minimum Gasteiger partial charge on any atom is -0.486 e. The highest BCUT2D eigenvalue weighted by Crippen LogP contribution is 2.32. The predicted molar refractivity (Wildman–Crippen MR) is 125 cm³/mol. The Kier molecular flexibility index (Phi) is 6.73. The highest BCUT2D eigenvalue weighted by molar-refractivity contribution is 5.94. The van der Waals surface area contributed by atoms with E-state index in [-0.39, 0.29) is 5.91 Å². The number of methoxy groups -OCH3 is 1. The summed E-state index contributed by atoms with van der Waals surface area (Å²) in [6.45, 7) is 5.04. The molecule has 0 unspecified atom stereocenters. The summed E-state index contributed by atoms with van der Waals surface area (Å²) in [6, 6.07) is 9.90. The summed E-state index contributed by atoms with van der Waals surface area (Å²) < 4.78 is 18.6. The van der Waals surface area contributed by atoms with Crippen molar-refractivity contribution in [3.8, 4) is 11.5 Å². The first-order valence-electron chi connectivity index (χ1n) is 11.6. The standard InChI is InChI=1S/C25H29N5O4/c1-32-10-9-30-21-6-8-29(16-18-4-5-22-23(13-18)34-12-11-33-22)17-20(21)24(28-30)25(31)27-15-19-3-2-7-26-14-19/h2-5,7,13-14H,6,8-12,15-17H2,1H3,(H,27,31). The third-order valence-corrected chi connectivity index (χ3v) is 6.12. The van der Waals surface area contributed by atoms with Gasteiger partial charge >= 0.3 is 0 Å². The Balaban J connectivity index is 1.33. The lowest BCUT2D eigenvalue weighted by atomic mass is 10.0. The molecule has 0 fully saturated rings. The number of pyridine rings is 1. The molecule has 0 atom stereocenters. The molecule has 34 heavy (non-hydrogen) atoms. The second-order valence-electron chi connectivity index (χ2n) is 8.47. The average Bonchev–Trinajstić information content (AvgIpc) is 3.24. The Morgan fingerprint density at radius 2 is 2.06 bits per heavy atom. The van der Waals surface area contributed by atoms with Crippen LogP contribution in [0, 0.1) is 0 Å². The van der Waals surface area contributed by atoms with Gasteiger partial charge in [-0.15, -0.1) is 0 Å². The summed E-state index contributed by atoms with van der Waals surface area (Å²) in [7, 11) is 1.67. The zero-order valence-corrected chi connectivity index (χ0v) is 19.3. The van der Waals surface area contributed by atoms with Gasteiger partial charge in [0.25, 0.3) is 5.91 Å². The number of hydrogen-bond donors (Lipinski definition) is 1. The van der Waals surface area contributed by atoms with E-state index in [4.69, 9.17) is 14.2 Å². The largest absolute Gasteiger partial charge is 0.486 e. The predicted octanol–water partition coefficient (Wildman–Crippen LogP) is 2.18. The van der Waals surface area contributed by atoms with Crippen LogP contribution in [-0.4, -0.2) is 59.0 Å². The van der Waals surface area contributed by atoms with Gasteiger partial charge in [-0.3, -0.25) is 19.4 Å². The molecule has 2 aliphatic rings. The van der Waals surface area contributed by atoms with Crippen LogP contribution in [0.3, 0.4) is 0 Å². The molecule has 9 heteroatoms. The summed E-state index contributed by atoms with van der Waals surface area (Å²) in [5, 5.41) is 7.69. The Morgan fingerprint density at radius 3 is 2.88 bits per heavy atom. The van der Waals surface area contributed by atoms with E-state index < -0.39 is 0 Å². The molecule has 0 radical (unpaired) electrons. The van der Waals surface area contributed by atoms with Crippen LogP contribution >= 0.6 is 0 Å². The monoisotopic (exact) mass is 463 g/mol. The molecule has 4 heterocycles. The fourth-order valence-electron chi connectivity index (χ4n) is 4.44. The number of nitrogens with zero attached hydrogens (tertiary/aromatic N) is 4. The molecule has 178 valence electrons. The Labute approximate surface area is 198 Å². The quantitative estimate of drug-likeness (QED) is 0.548. The smallest absolute Gasteiger partial charge is 0.272 e. The van der Waals surface area contributed by atoms with Gasteiger partial charge < -0.3 is 19.5 Å². The average molecular weight is 464 g/mol. The molecular weight excluding hydrogens is 434 g/mol. The third-order valence-electron chi connectivity index (χ3n) is 6.12. The van der Waals surface area contributed by atoms with Crippen LogP contribution in [0.25, 0.3) is 0 Å². The Hall–Kier alpha value is -3.43. The number of benzene rings is 1. The van der Waals surface area contributed by atoms with Gasteiger partial charge in [0, 0.05) is 63.4 Å².